The third-order valence-electron chi connectivity index (χ3n) is 5.91. The van der Waals surface area contributed by atoms with Gasteiger partial charge in [-0.2, -0.15) is 0 Å². The minimum Gasteiger partial charge on any atom is -0.312 e. The molecule has 1 aliphatic heterocycles. The van der Waals surface area contributed by atoms with Crippen molar-refractivity contribution in [3.8, 4) is 5.00 Å². The number of carbonyl (C=O) groups is 1. The van der Waals surface area contributed by atoms with Crippen LogP contribution in [-0.4, -0.2) is 15.5 Å². The van der Waals surface area contributed by atoms with Crippen LogP contribution < -0.4 is 5.32 Å². The normalized spacial score (nSPS) is 17.9. The molecule has 2 aromatic heterocycles. The predicted octanol–water partition coefficient (Wildman–Crippen LogP) is 5.80. The molecule has 0 unspecified atom stereocenters. The van der Waals surface area contributed by atoms with E-state index in [1.165, 1.54) is 27.4 Å². The largest absolute Gasteiger partial charge is 0.322 e. The van der Waals surface area contributed by atoms with E-state index >= 15 is 0 Å². The van der Waals surface area contributed by atoms with E-state index in [4.69, 9.17) is 0 Å². The average Bonchev–Trinajstić information content (AvgIpc) is 3.30. The number of thiophene rings is 1. The van der Waals surface area contributed by atoms with Gasteiger partial charge >= 0.3 is 6.03 Å². The van der Waals surface area contributed by atoms with Crippen molar-refractivity contribution in [2.75, 3.05) is 5.32 Å². The van der Waals surface area contributed by atoms with Gasteiger partial charge in [-0.1, -0.05) is 0 Å². The van der Waals surface area contributed by atoms with Crippen LogP contribution in [0.1, 0.15) is 47.5 Å². The lowest BCUT2D eigenvalue weighted by Gasteiger charge is -2.28. The second-order valence-corrected chi connectivity index (χ2v) is 8.74. The summed E-state index contributed by atoms with van der Waals surface area (Å²) in [6.07, 6.45) is 6.51. The van der Waals surface area contributed by atoms with Crippen molar-refractivity contribution >= 4 is 23.1 Å². The maximum Gasteiger partial charge on any atom is 0.322 e. The number of aryl methyl sites for hydroxylation is 1. The minimum atomic E-state index is -0.654. The Kier molecular flexibility index (Phi) is 4.42. The fourth-order valence-electron chi connectivity index (χ4n) is 4.39. The van der Waals surface area contributed by atoms with Gasteiger partial charge in [-0.15, -0.1) is 11.3 Å². The first kappa shape index (κ1) is 18.4. The molecule has 1 aromatic carbocycles. The van der Waals surface area contributed by atoms with Gasteiger partial charge in [-0.05, 0) is 62.4 Å². The van der Waals surface area contributed by atoms with Crippen molar-refractivity contribution in [1.29, 1.82) is 0 Å². The van der Waals surface area contributed by atoms with Gasteiger partial charge in [0.05, 0.1) is 18.3 Å². The molecule has 0 saturated heterocycles. The SMILES string of the molecule is C[C@@H]1c2cccn2-c2sc3c(c2CN1C(=O)Nc1cc(F)ccc1F)CCCC3. The Bertz CT molecular complexity index is 1100. The molecule has 5 rings (SSSR count). The highest BCUT2D eigenvalue weighted by molar-refractivity contribution is 7.15. The molecule has 1 aliphatic carbocycles. The van der Waals surface area contributed by atoms with Gasteiger partial charge in [0.2, 0.25) is 0 Å². The van der Waals surface area contributed by atoms with Crippen LogP contribution in [-0.2, 0) is 19.4 Å². The second-order valence-electron chi connectivity index (χ2n) is 7.66. The van der Waals surface area contributed by atoms with E-state index < -0.39 is 17.7 Å². The van der Waals surface area contributed by atoms with E-state index in [-0.39, 0.29) is 11.7 Å². The Morgan fingerprint density at radius 1 is 1.17 bits per heavy atom. The Balaban J connectivity index is 1.55. The predicted molar refractivity (Wildman–Crippen MR) is 110 cm³/mol. The Hall–Kier alpha value is -2.67. The standard InChI is InChI=1S/C22H21F2N3OS/c1-13-19-6-4-10-26(19)21-16(15-5-2-3-7-20(15)29-21)12-27(13)22(28)25-18-11-14(23)8-9-17(18)24/h4,6,8-11,13H,2-3,5,7,12H2,1H3,(H,25,28)/t13-/m1/s1. The van der Waals surface area contributed by atoms with Gasteiger partial charge in [0.15, 0.2) is 0 Å². The van der Waals surface area contributed by atoms with Gasteiger partial charge in [0.25, 0.3) is 0 Å². The summed E-state index contributed by atoms with van der Waals surface area (Å²) in [5.74, 6) is -1.24. The minimum absolute atomic E-state index is 0.144. The number of rotatable bonds is 1. The van der Waals surface area contributed by atoms with Crippen LogP contribution >= 0.6 is 11.3 Å². The molecule has 3 aromatic rings. The summed E-state index contributed by atoms with van der Waals surface area (Å²) in [5.41, 5.74) is 3.41. The van der Waals surface area contributed by atoms with Crippen LogP contribution in [0.3, 0.4) is 0 Å². The molecule has 0 radical (unpaired) electrons. The first-order valence-corrected chi connectivity index (χ1v) is 10.7. The number of anilines is 1. The topological polar surface area (TPSA) is 37.3 Å². The van der Waals surface area contributed by atoms with Gasteiger partial charge in [-0.25, -0.2) is 13.6 Å². The summed E-state index contributed by atoms with van der Waals surface area (Å²) in [7, 11) is 0. The molecular weight excluding hydrogens is 392 g/mol. The first-order chi connectivity index (χ1) is 14.0. The van der Waals surface area contributed by atoms with Crippen molar-refractivity contribution in [2.45, 2.75) is 45.2 Å². The van der Waals surface area contributed by atoms with Crippen molar-refractivity contribution < 1.29 is 13.6 Å². The van der Waals surface area contributed by atoms with Gasteiger partial charge in [-0.3, -0.25) is 0 Å². The van der Waals surface area contributed by atoms with Gasteiger partial charge in [0.1, 0.15) is 16.6 Å². The van der Waals surface area contributed by atoms with E-state index in [0.717, 1.165) is 43.2 Å². The monoisotopic (exact) mass is 413 g/mol. The Morgan fingerprint density at radius 3 is 2.86 bits per heavy atom. The lowest BCUT2D eigenvalue weighted by atomic mass is 9.95. The van der Waals surface area contributed by atoms with Crippen LogP contribution in [0.15, 0.2) is 36.5 Å². The summed E-state index contributed by atoms with van der Waals surface area (Å²) in [5, 5.41) is 3.75. The zero-order valence-electron chi connectivity index (χ0n) is 16.0. The highest BCUT2D eigenvalue weighted by Crippen LogP contribution is 2.42. The molecule has 7 heteroatoms. The molecule has 2 aliphatic rings. The molecule has 1 atom stereocenters. The smallest absolute Gasteiger partial charge is 0.312 e. The molecule has 4 nitrogen and oxygen atoms in total. The lowest BCUT2D eigenvalue weighted by Crippen LogP contribution is -2.36. The maximum absolute atomic E-state index is 14.1. The number of nitrogens with zero attached hydrogens (tertiary/aromatic N) is 2. The zero-order chi connectivity index (χ0) is 20.1. The van der Waals surface area contributed by atoms with E-state index in [2.05, 4.69) is 9.88 Å². The molecule has 0 saturated carbocycles. The fraction of sp³-hybridized carbons (Fsp3) is 0.318. The number of hydrogen-bond donors (Lipinski definition) is 1. The van der Waals surface area contributed by atoms with Gasteiger partial charge in [0, 0.05) is 28.4 Å². The molecule has 29 heavy (non-hydrogen) atoms. The second kappa shape index (κ2) is 6.99. The zero-order valence-corrected chi connectivity index (χ0v) is 16.9. The van der Waals surface area contributed by atoms with Crippen molar-refractivity contribution in [3.05, 3.63) is 69.9 Å². The van der Waals surface area contributed by atoms with Crippen LogP contribution in [0.4, 0.5) is 19.3 Å². The number of carbonyl (C=O) groups excluding carboxylic acids is 1. The van der Waals surface area contributed by atoms with Crippen LogP contribution in [0.2, 0.25) is 0 Å². The summed E-state index contributed by atoms with van der Waals surface area (Å²) < 4.78 is 29.8. The molecule has 0 fully saturated rings. The summed E-state index contributed by atoms with van der Waals surface area (Å²) >= 11 is 1.82. The van der Waals surface area contributed by atoms with Crippen molar-refractivity contribution in [2.24, 2.45) is 0 Å². The number of nitrogens with one attached hydrogen (secondary N) is 1. The molecule has 150 valence electrons. The maximum atomic E-state index is 14.1. The summed E-state index contributed by atoms with van der Waals surface area (Å²) in [6, 6.07) is 6.43. The highest BCUT2D eigenvalue weighted by Gasteiger charge is 2.33. The summed E-state index contributed by atoms with van der Waals surface area (Å²) in [4.78, 5) is 16.3. The number of amides is 2. The third kappa shape index (κ3) is 3.04. The number of halogens is 2. The number of urea groups is 1. The fourth-order valence-corrected chi connectivity index (χ4v) is 5.79. The molecule has 0 spiro atoms. The number of benzene rings is 1. The molecular formula is C22H21F2N3OS. The average molecular weight is 413 g/mol. The number of hydrogen-bond acceptors (Lipinski definition) is 2. The number of fused-ring (bicyclic) bond motifs is 5. The molecule has 2 amide bonds. The van der Waals surface area contributed by atoms with Crippen LogP contribution in [0, 0.1) is 11.6 Å². The van der Waals surface area contributed by atoms with Crippen molar-refractivity contribution in [3.63, 3.8) is 0 Å². The summed E-state index contributed by atoms with van der Waals surface area (Å²) in [6.45, 7) is 2.42. The first-order valence-electron chi connectivity index (χ1n) is 9.86. The Morgan fingerprint density at radius 2 is 2.00 bits per heavy atom. The quantitative estimate of drug-likeness (QED) is 0.537. The van der Waals surface area contributed by atoms with E-state index in [0.29, 0.717) is 6.54 Å². The van der Waals surface area contributed by atoms with E-state index in [9.17, 15) is 13.6 Å². The van der Waals surface area contributed by atoms with Crippen LogP contribution in [0.5, 0.6) is 0 Å². The van der Waals surface area contributed by atoms with E-state index in [1.807, 2.05) is 36.6 Å². The molecule has 1 N–H and O–H groups in total. The van der Waals surface area contributed by atoms with E-state index in [1.54, 1.807) is 4.90 Å². The highest BCUT2D eigenvalue weighted by atomic mass is 32.1. The van der Waals surface area contributed by atoms with Gasteiger partial charge < -0.3 is 14.8 Å². The van der Waals surface area contributed by atoms with Crippen molar-refractivity contribution in [1.82, 2.24) is 9.47 Å². The number of aromatic nitrogens is 1. The lowest BCUT2D eigenvalue weighted by molar-refractivity contribution is 0.189. The van der Waals surface area contributed by atoms with Crippen LogP contribution in [0.25, 0.3) is 5.00 Å². The molecule has 3 heterocycles. The third-order valence-corrected chi connectivity index (χ3v) is 7.25. The molecule has 0 bridgehead atoms. The Labute approximate surface area is 171 Å².